The number of hydrogen-bond donors (Lipinski definition) is 1. The molecule has 3 aromatic carbocycles. The summed E-state index contributed by atoms with van der Waals surface area (Å²) in [6.07, 6.45) is 2.10. The van der Waals surface area contributed by atoms with Gasteiger partial charge in [0.2, 0.25) is 5.91 Å². The second-order valence-electron chi connectivity index (χ2n) is 8.94. The summed E-state index contributed by atoms with van der Waals surface area (Å²) >= 11 is 0. The van der Waals surface area contributed by atoms with Crippen molar-refractivity contribution < 1.29 is 28.3 Å². The first-order valence-electron chi connectivity index (χ1n) is 12.0. The average Bonchev–Trinajstić information content (AvgIpc) is 3.48. The van der Waals surface area contributed by atoms with Gasteiger partial charge in [0.25, 0.3) is 11.8 Å². The lowest BCUT2D eigenvalue weighted by atomic mass is 10.1. The number of para-hydroxylation sites is 1. The number of benzene rings is 3. The van der Waals surface area contributed by atoms with Gasteiger partial charge in [0.05, 0.1) is 24.8 Å². The SMILES string of the molecule is COC(=O)c1ccc(N2C(=O)CC(N(CCc3c[nH]c4ccccc34)C(=O)c3ccc(F)cc3)C2=O)cc1. The van der Waals surface area contributed by atoms with Crippen LogP contribution in [0.3, 0.4) is 0 Å². The number of nitrogens with one attached hydrogen (secondary N) is 1. The zero-order valence-corrected chi connectivity index (χ0v) is 20.5. The van der Waals surface area contributed by atoms with Gasteiger partial charge in [0.1, 0.15) is 11.9 Å². The Hall–Kier alpha value is -4.79. The molecule has 0 radical (unpaired) electrons. The van der Waals surface area contributed by atoms with Crippen molar-refractivity contribution in [2.24, 2.45) is 0 Å². The summed E-state index contributed by atoms with van der Waals surface area (Å²) in [5, 5.41) is 1.00. The molecule has 1 atom stereocenters. The van der Waals surface area contributed by atoms with Gasteiger partial charge in [-0.05, 0) is 66.6 Å². The van der Waals surface area contributed by atoms with Gasteiger partial charge in [-0.15, -0.1) is 0 Å². The van der Waals surface area contributed by atoms with E-state index in [1.165, 1.54) is 60.5 Å². The summed E-state index contributed by atoms with van der Waals surface area (Å²) < 4.78 is 18.2. The normalized spacial score (nSPS) is 15.2. The quantitative estimate of drug-likeness (QED) is 0.296. The Balaban J connectivity index is 1.44. The van der Waals surface area contributed by atoms with Crippen molar-refractivity contribution in [2.45, 2.75) is 18.9 Å². The number of amides is 3. The van der Waals surface area contributed by atoms with Crippen LogP contribution in [0.4, 0.5) is 10.1 Å². The van der Waals surface area contributed by atoms with Gasteiger partial charge in [-0.25, -0.2) is 14.1 Å². The number of methoxy groups -OCH3 is 1. The molecule has 4 aromatic rings. The average molecular weight is 514 g/mol. The number of aromatic amines is 1. The number of rotatable bonds is 7. The lowest BCUT2D eigenvalue weighted by Crippen LogP contribution is -2.46. The van der Waals surface area contributed by atoms with Crippen LogP contribution in [0, 0.1) is 5.82 Å². The highest BCUT2D eigenvalue weighted by Gasteiger charge is 2.44. The number of fused-ring (bicyclic) bond motifs is 1. The molecule has 0 aliphatic carbocycles. The number of halogens is 1. The highest BCUT2D eigenvalue weighted by Crippen LogP contribution is 2.28. The zero-order valence-electron chi connectivity index (χ0n) is 20.5. The number of ether oxygens (including phenoxy) is 1. The number of imide groups is 1. The molecular weight excluding hydrogens is 489 g/mol. The highest BCUT2D eigenvalue weighted by atomic mass is 19.1. The Morgan fingerprint density at radius 1 is 1.00 bits per heavy atom. The summed E-state index contributed by atoms with van der Waals surface area (Å²) in [6.45, 7) is 0.164. The molecule has 2 heterocycles. The Labute approximate surface area is 217 Å². The smallest absolute Gasteiger partial charge is 0.337 e. The minimum Gasteiger partial charge on any atom is -0.465 e. The molecular formula is C29H24FN3O5. The van der Waals surface area contributed by atoms with E-state index in [-0.39, 0.29) is 24.1 Å². The van der Waals surface area contributed by atoms with Gasteiger partial charge in [-0.3, -0.25) is 14.4 Å². The van der Waals surface area contributed by atoms with Gasteiger partial charge in [-0.1, -0.05) is 18.2 Å². The van der Waals surface area contributed by atoms with E-state index in [0.29, 0.717) is 12.1 Å². The van der Waals surface area contributed by atoms with Crippen molar-refractivity contribution in [3.8, 4) is 0 Å². The van der Waals surface area contributed by atoms with Crippen molar-refractivity contribution in [1.29, 1.82) is 0 Å². The van der Waals surface area contributed by atoms with Gasteiger partial charge in [0, 0.05) is 29.2 Å². The van der Waals surface area contributed by atoms with E-state index >= 15 is 0 Å². The maximum Gasteiger partial charge on any atom is 0.337 e. The van der Waals surface area contributed by atoms with Crippen LogP contribution < -0.4 is 4.90 Å². The van der Waals surface area contributed by atoms with E-state index < -0.39 is 35.5 Å². The lowest BCUT2D eigenvalue weighted by Gasteiger charge is -2.28. The van der Waals surface area contributed by atoms with E-state index in [9.17, 15) is 23.6 Å². The first kappa shape index (κ1) is 24.9. The maximum atomic E-state index is 13.6. The molecule has 5 rings (SSSR count). The van der Waals surface area contributed by atoms with Gasteiger partial charge in [-0.2, -0.15) is 0 Å². The standard InChI is InChI=1S/C29H24FN3O5/c1-38-29(37)19-8-12-22(13-9-19)33-26(34)16-25(28(33)36)32(27(35)18-6-10-21(30)11-7-18)15-14-20-17-31-24-5-3-2-4-23(20)24/h2-13,17,25,31H,14-16H2,1H3. The number of carbonyl (C=O) groups excluding carboxylic acids is 4. The van der Waals surface area contributed by atoms with Gasteiger partial charge >= 0.3 is 5.97 Å². The fourth-order valence-electron chi connectivity index (χ4n) is 4.73. The third-order valence-corrected chi connectivity index (χ3v) is 6.69. The number of hydrogen-bond acceptors (Lipinski definition) is 5. The fraction of sp³-hybridized carbons (Fsp3) is 0.172. The molecule has 8 nitrogen and oxygen atoms in total. The second-order valence-corrected chi connectivity index (χ2v) is 8.94. The third kappa shape index (κ3) is 4.66. The topological polar surface area (TPSA) is 99.8 Å². The van der Waals surface area contributed by atoms with Crippen molar-refractivity contribution in [2.75, 3.05) is 18.6 Å². The Morgan fingerprint density at radius 2 is 1.68 bits per heavy atom. The van der Waals surface area contributed by atoms with Crippen LogP contribution in [0.15, 0.2) is 79.0 Å². The van der Waals surface area contributed by atoms with Crippen molar-refractivity contribution >= 4 is 40.3 Å². The molecule has 3 amide bonds. The Kier molecular flexibility index (Phi) is 6.74. The van der Waals surface area contributed by atoms with Crippen LogP contribution in [-0.2, 0) is 20.7 Å². The van der Waals surface area contributed by atoms with Crippen LogP contribution in [0.2, 0.25) is 0 Å². The number of esters is 1. The van der Waals surface area contributed by atoms with Crippen molar-refractivity contribution in [3.63, 3.8) is 0 Å². The molecule has 1 aliphatic rings. The van der Waals surface area contributed by atoms with Crippen LogP contribution in [0.25, 0.3) is 10.9 Å². The lowest BCUT2D eigenvalue weighted by molar-refractivity contribution is -0.122. The van der Waals surface area contributed by atoms with E-state index in [4.69, 9.17) is 4.74 Å². The first-order chi connectivity index (χ1) is 18.4. The van der Waals surface area contributed by atoms with E-state index in [0.717, 1.165) is 21.4 Å². The molecule has 1 aliphatic heterocycles. The highest BCUT2D eigenvalue weighted by molar-refractivity contribution is 6.23. The molecule has 0 saturated carbocycles. The van der Waals surface area contributed by atoms with Crippen LogP contribution in [-0.4, -0.2) is 53.3 Å². The Bertz CT molecular complexity index is 1530. The van der Waals surface area contributed by atoms with Crippen LogP contribution >= 0.6 is 0 Å². The molecule has 1 unspecified atom stereocenters. The summed E-state index contributed by atoms with van der Waals surface area (Å²) in [7, 11) is 1.26. The minimum absolute atomic E-state index is 0.164. The van der Waals surface area contributed by atoms with E-state index in [1.807, 2.05) is 30.5 Å². The molecule has 192 valence electrons. The van der Waals surface area contributed by atoms with E-state index in [1.54, 1.807) is 0 Å². The van der Waals surface area contributed by atoms with Crippen LogP contribution in [0.5, 0.6) is 0 Å². The molecule has 38 heavy (non-hydrogen) atoms. The Morgan fingerprint density at radius 3 is 2.39 bits per heavy atom. The van der Waals surface area contributed by atoms with Gasteiger partial charge < -0.3 is 14.6 Å². The van der Waals surface area contributed by atoms with Crippen molar-refractivity contribution in [3.05, 3.63) is 102 Å². The minimum atomic E-state index is -1.04. The number of H-pyrrole nitrogens is 1. The zero-order chi connectivity index (χ0) is 26.8. The van der Waals surface area contributed by atoms with Gasteiger partial charge in [0.15, 0.2) is 0 Å². The molecule has 0 bridgehead atoms. The maximum absolute atomic E-state index is 13.6. The molecule has 9 heteroatoms. The van der Waals surface area contributed by atoms with E-state index in [2.05, 4.69) is 4.98 Å². The van der Waals surface area contributed by atoms with Crippen LogP contribution in [0.1, 0.15) is 32.7 Å². The third-order valence-electron chi connectivity index (χ3n) is 6.69. The molecule has 0 spiro atoms. The predicted octanol–water partition coefficient (Wildman–Crippen LogP) is 4.11. The largest absolute Gasteiger partial charge is 0.465 e. The number of aromatic nitrogens is 1. The molecule has 1 aromatic heterocycles. The second kappa shape index (κ2) is 10.3. The molecule has 1 N–H and O–H groups in total. The number of nitrogens with zero attached hydrogens (tertiary/aromatic N) is 2. The number of anilines is 1. The first-order valence-corrected chi connectivity index (χ1v) is 12.0. The summed E-state index contributed by atoms with van der Waals surface area (Å²) in [4.78, 5) is 57.5. The predicted molar refractivity (Wildman–Crippen MR) is 138 cm³/mol. The molecule has 1 saturated heterocycles. The fourth-order valence-corrected chi connectivity index (χ4v) is 4.73. The number of carbonyl (C=O) groups is 4. The summed E-state index contributed by atoms with van der Waals surface area (Å²) in [5.74, 6) is -2.51. The summed E-state index contributed by atoms with van der Waals surface area (Å²) in [6, 6.07) is 17.7. The molecule has 1 fully saturated rings. The monoisotopic (exact) mass is 513 g/mol. The van der Waals surface area contributed by atoms with Crippen molar-refractivity contribution in [1.82, 2.24) is 9.88 Å². The summed E-state index contributed by atoms with van der Waals surface area (Å²) in [5.41, 5.74) is 2.70.